The molecular formula is C21H19ClN2O3. The van der Waals surface area contributed by atoms with Gasteiger partial charge in [0.15, 0.2) is 6.61 Å². The number of carbonyl (C=O) groups is 1. The number of rotatable bonds is 6. The van der Waals surface area contributed by atoms with Gasteiger partial charge in [0.1, 0.15) is 17.3 Å². The average Bonchev–Trinajstić information content (AvgIpc) is 3.12. The van der Waals surface area contributed by atoms with Crippen molar-refractivity contribution in [3.63, 3.8) is 0 Å². The highest BCUT2D eigenvalue weighted by molar-refractivity contribution is 6.30. The van der Waals surface area contributed by atoms with Gasteiger partial charge in [0.05, 0.1) is 6.21 Å². The number of hydrogen-bond donors (Lipinski definition) is 1. The topological polar surface area (TPSA) is 63.8 Å². The van der Waals surface area contributed by atoms with Crippen LogP contribution in [0, 0.1) is 13.8 Å². The van der Waals surface area contributed by atoms with E-state index in [0.717, 1.165) is 16.7 Å². The molecule has 138 valence electrons. The van der Waals surface area contributed by atoms with E-state index in [4.69, 9.17) is 20.8 Å². The third-order valence-electron chi connectivity index (χ3n) is 4.05. The van der Waals surface area contributed by atoms with E-state index in [2.05, 4.69) is 10.5 Å². The van der Waals surface area contributed by atoms with Crippen molar-refractivity contribution in [1.82, 2.24) is 5.43 Å². The Kier molecular flexibility index (Phi) is 5.94. The van der Waals surface area contributed by atoms with Crippen LogP contribution in [-0.4, -0.2) is 18.7 Å². The second-order valence-electron chi connectivity index (χ2n) is 5.99. The zero-order valence-corrected chi connectivity index (χ0v) is 15.8. The van der Waals surface area contributed by atoms with E-state index in [1.54, 1.807) is 18.2 Å². The lowest BCUT2D eigenvalue weighted by molar-refractivity contribution is -0.123. The molecule has 0 radical (unpaired) electrons. The van der Waals surface area contributed by atoms with Gasteiger partial charge in [-0.1, -0.05) is 23.7 Å². The van der Waals surface area contributed by atoms with Crippen LogP contribution in [0.1, 0.15) is 16.9 Å². The van der Waals surface area contributed by atoms with Gasteiger partial charge in [-0.2, -0.15) is 5.10 Å². The van der Waals surface area contributed by atoms with Crippen molar-refractivity contribution in [3.8, 4) is 17.1 Å². The summed E-state index contributed by atoms with van der Waals surface area (Å²) >= 11 is 5.88. The maximum Gasteiger partial charge on any atom is 0.277 e. The molecule has 0 aliphatic heterocycles. The molecule has 2 aromatic carbocycles. The minimum absolute atomic E-state index is 0.115. The van der Waals surface area contributed by atoms with Gasteiger partial charge in [-0.3, -0.25) is 4.79 Å². The second kappa shape index (κ2) is 8.56. The van der Waals surface area contributed by atoms with Crippen LogP contribution in [0.5, 0.6) is 5.75 Å². The first-order valence-electron chi connectivity index (χ1n) is 8.39. The average molecular weight is 383 g/mol. The molecule has 1 aromatic heterocycles. The molecular weight excluding hydrogens is 364 g/mol. The molecule has 0 saturated carbocycles. The highest BCUT2D eigenvalue weighted by Gasteiger charge is 2.06. The number of benzene rings is 2. The van der Waals surface area contributed by atoms with Crippen LogP contribution in [0.15, 0.2) is 64.1 Å². The first kappa shape index (κ1) is 18.7. The van der Waals surface area contributed by atoms with Crippen LogP contribution in [-0.2, 0) is 4.79 Å². The van der Waals surface area contributed by atoms with Crippen LogP contribution < -0.4 is 10.2 Å². The molecule has 0 saturated heterocycles. The lowest BCUT2D eigenvalue weighted by atomic mass is 10.1. The summed E-state index contributed by atoms with van der Waals surface area (Å²) in [6.45, 7) is 3.83. The fourth-order valence-electron chi connectivity index (χ4n) is 2.42. The zero-order valence-electron chi connectivity index (χ0n) is 15.0. The first-order chi connectivity index (χ1) is 13.0. The number of furan rings is 1. The molecule has 0 aliphatic carbocycles. The van der Waals surface area contributed by atoms with E-state index in [1.807, 2.05) is 50.2 Å². The summed E-state index contributed by atoms with van der Waals surface area (Å²) in [6, 6.07) is 16.6. The fraction of sp³-hybridized carbons (Fsp3) is 0.143. The van der Waals surface area contributed by atoms with E-state index in [1.165, 1.54) is 6.21 Å². The maximum atomic E-state index is 11.9. The Bertz CT molecular complexity index is 962. The summed E-state index contributed by atoms with van der Waals surface area (Å²) in [7, 11) is 0. The Balaban J connectivity index is 1.52. The number of halogens is 1. The van der Waals surface area contributed by atoms with Crippen molar-refractivity contribution in [2.24, 2.45) is 5.10 Å². The van der Waals surface area contributed by atoms with Crippen LogP contribution in [0.2, 0.25) is 5.02 Å². The molecule has 1 heterocycles. The third kappa shape index (κ3) is 4.99. The van der Waals surface area contributed by atoms with Crippen molar-refractivity contribution in [3.05, 3.63) is 76.5 Å². The quantitative estimate of drug-likeness (QED) is 0.494. The molecule has 0 bridgehead atoms. The normalized spacial score (nSPS) is 10.9. The molecule has 0 aliphatic rings. The van der Waals surface area contributed by atoms with Gasteiger partial charge in [-0.05, 0) is 67.4 Å². The number of nitrogens with zero attached hydrogens (tertiary/aromatic N) is 1. The lowest BCUT2D eigenvalue weighted by Gasteiger charge is -2.09. The summed E-state index contributed by atoms with van der Waals surface area (Å²) in [5.41, 5.74) is 5.45. The largest absolute Gasteiger partial charge is 0.483 e. The second-order valence-corrected chi connectivity index (χ2v) is 6.43. The van der Waals surface area contributed by atoms with Gasteiger partial charge in [0, 0.05) is 10.6 Å². The molecule has 0 spiro atoms. The predicted molar refractivity (Wildman–Crippen MR) is 106 cm³/mol. The molecule has 6 heteroatoms. The van der Waals surface area contributed by atoms with Crippen LogP contribution in [0.25, 0.3) is 11.3 Å². The molecule has 3 rings (SSSR count). The Morgan fingerprint density at radius 3 is 2.70 bits per heavy atom. The van der Waals surface area contributed by atoms with E-state index in [-0.39, 0.29) is 12.5 Å². The smallest absolute Gasteiger partial charge is 0.277 e. The Morgan fingerprint density at radius 2 is 1.93 bits per heavy atom. The number of amides is 1. The van der Waals surface area contributed by atoms with E-state index in [0.29, 0.717) is 22.3 Å². The molecule has 1 N–H and O–H groups in total. The molecule has 0 fully saturated rings. The number of ether oxygens (including phenoxy) is 1. The number of carbonyl (C=O) groups excluding carboxylic acids is 1. The number of hydrazone groups is 1. The number of aryl methyl sites for hydroxylation is 1. The van der Waals surface area contributed by atoms with Crippen molar-refractivity contribution < 1.29 is 13.9 Å². The molecule has 5 nitrogen and oxygen atoms in total. The standard InChI is InChI=1S/C21H19ClN2O3/c1-14-4-3-5-19(15(14)2)26-13-21(25)24-23-12-18-10-11-20(27-18)16-6-8-17(22)9-7-16/h3-12H,13H2,1-2H3,(H,24,25)/b23-12+. The Morgan fingerprint density at radius 1 is 1.15 bits per heavy atom. The fourth-order valence-corrected chi connectivity index (χ4v) is 2.54. The summed E-state index contributed by atoms with van der Waals surface area (Å²) in [5.74, 6) is 1.55. The minimum Gasteiger partial charge on any atom is -0.483 e. The van der Waals surface area contributed by atoms with Crippen molar-refractivity contribution in [2.45, 2.75) is 13.8 Å². The van der Waals surface area contributed by atoms with Gasteiger partial charge < -0.3 is 9.15 Å². The summed E-state index contributed by atoms with van der Waals surface area (Å²) in [6.07, 6.45) is 1.44. The summed E-state index contributed by atoms with van der Waals surface area (Å²) in [5, 5.41) is 4.56. The van der Waals surface area contributed by atoms with Gasteiger partial charge in [-0.25, -0.2) is 5.43 Å². The summed E-state index contributed by atoms with van der Waals surface area (Å²) < 4.78 is 11.2. The Labute approximate surface area is 162 Å². The first-order valence-corrected chi connectivity index (χ1v) is 8.77. The highest BCUT2D eigenvalue weighted by Crippen LogP contribution is 2.23. The molecule has 0 atom stereocenters. The van der Waals surface area contributed by atoms with Crippen LogP contribution >= 0.6 is 11.6 Å². The third-order valence-corrected chi connectivity index (χ3v) is 4.30. The minimum atomic E-state index is -0.350. The predicted octanol–water partition coefficient (Wildman–Crippen LogP) is 4.75. The molecule has 1 amide bonds. The number of hydrogen-bond acceptors (Lipinski definition) is 4. The van der Waals surface area contributed by atoms with E-state index < -0.39 is 0 Å². The molecule has 27 heavy (non-hydrogen) atoms. The molecule has 0 unspecified atom stereocenters. The highest BCUT2D eigenvalue weighted by atomic mass is 35.5. The zero-order chi connectivity index (χ0) is 19.2. The van der Waals surface area contributed by atoms with Crippen molar-refractivity contribution in [2.75, 3.05) is 6.61 Å². The van der Waals surface area contributed by atoms with Crippen LogP contribution in [0.3, 0.4) is 0 Å². The molecule has 3 aromatic rings. The van der Waals surface area contributed by atoms with Crippen LogP contribution in [0.4, 0.5) is 0 Å². The number of nitrogens with one attached hydrogen (secondary N) is 1. The Hall–Kier alpha value is -3.05. The van der Waals surface area contributed by atoms with Gasteiger partial charge in [0.25, 0.3) is 5.91 Å². The van der Waals surface area contributed by atoms with Crippen molar-refractivity contribution in [1.29, 1.82) is 0 Å². The maximum absolute atomic E-state index is 11.9. The van der Waals surface area contributed by atoms with E-state index >= 15 is 0 Å². The monoisotopic (exact) mass is 382 g/mol. The summed E-state index contributed by atoms with van der Waals surface area (Å²) in [4.78, 5) is 11.9. The van der Waals surface area contributed by atoms with Gasteiger partial charge in [-0.15, -0.1) is 0 Å². The van der Waals surface area contributed by atoms with E-state index in [9.17, 15) is 4.79 Å². The lowest BCUT2D eigenvalue weighted by Crippen LogP contribution is -2.24. The van der Waals surface area contributed by atoms with Gasteiger partial charge in [0.2, 0.25) is 0 Å². The SMILES string of the molecule is Cc1cccc(OCC(=O)N/N=C/c2ccc(-c3ccc(Cl)cc3)o2)c1C. The van der Waals surface area contributed by atoms with Crippen molar-refractivity contribution >= 4 is 23.7 Å². The van der Waals surface area contributed by atoms with Gasteiger partial charge >= 0.3 is 0 Å².